The van der Waals surface area contributed by atoms with Gasteiger partial charge in [0.15, 0.2) is 0 Å². The van der Waals surface area contributed by atoms with E-state index in [1.54, 1.807) is 0 Å². The van der Waals surface area contributed by atoms with E-state index in [0.717, 1.165) is 36.1 Å². The van der Waals surface area contributed by atoms with Crippen LogP contribution in [0.15, 0.2) is 36.4 Å². The number of aromatic nitrogens is 1. The van der Waals surface area contributed by atoms with E-state index in [-0.39, 0.29) is 0 Å². The smallest absolute Gasteiger partial charge is 0.0705 e. The van der Waals surface area contributed by atoms with Gasteiger partial charge in [-0.3, -0.25) is 4.98 Å². The van der Waals surface area contributed by atoms with E-state index in [1.807, 2.05) is 0 Å². The lowest BCUT2D eigenvalue weighted by molar-refractivity contribution is 0.312. The zero-order valence-corrected chi connectivity index (χ0v) is 13.7. The van der Waals surface area contributed by atoms with Crippen LogP contribution in [0.4, 0.5) is 0 Å². The molecular formula is C20H28N2. The molecule has 2 nitrogen and oxygen atoms in total. The molecule has 0 aliphatic heterocycles. The minimum atomic E-state index is 0.881. The minimum Gasteiger partial charge on any atom is -0.311 e. The van der Waals surface area contributed by atoms with Crippen LogP contribution >= 0.6 is 0 Å². The molecule has 3 rings (SSSR count). The Hall–Kier alpha value is -1.41. The van der Waals surface area contributed by atoms with Gasteiger partial charge in [0.1, 0.15) is 0 Å². The van der Waals surface area contributed by atoms with Crippen LogP contribution in [0.25, 0.3) is 10.9 Å². The predicted octanol–water partition coefficient (Wildman–Crippen LogP) is 4.93. The molecule has 118 valence electrons. The van der Waals surface area contributed by atoms with Gasteiger partial charge in [0.2, 0.25) is 0 Å². The highest BCUT2D eigenvalue weighted by Crippen LogP contribution is 2.30. The quantitative estimate of drug-likeness (QED) is 0.625. The molecule has 1 aliphatic rings. The molecule has 2 unspecified atom stereocenters. The van der Waals surface area contributed by atoms with Gasteiger partial charge in [0, 0.05) is 11.9 Å². The largest absolute Gasteiger partial charge is 0.311 e. The van der Waals surface area contributed by atoms with Crippen LogP contribution in [0.3, 0.4) is 0 Å². The maximum Gasteiger partial charge on any atom is 0.0705 e. The average molecular weight is 296 g/mol. The summed E-state index contributed by atoms with van der Waals surface area (Å²) in [4.78, 5) is 4.73. The van der Waals surface area contributed by atoms with E-state index in [1.165, 1.54) is 43.9 Å². The monoisotopic (exact) mass is 296 g/mol. The van der Waals surface area contributed by atoms with E-state index in [4.69, 9.17) is 4.98 Å². The van der Waals surface area contributed by atoms with E-state index >= 15 is 0 Å². The number of fused-ring (bicyclic) bond motifs is 1. The second-order valence-electron chi connectivity index (χ2n) is 6.84. The summed E-state index contributed by atoms with van der Waals surface area (Å²) in [6.45, 7) is 4.44. The van der Waals surface area contributed by atoms with Crippen molar-refractivity contribution >= 4 is 10.9 Å². The van der Waals surface area contributed by atoms with Gasteiger partial charge in [0.05, 0.1) is 11.2 Å². The van der Waals surface area contributed by atoms with Gasteiger partial charge in [-0.15, -0.1) is 0 Å². The first kappa shape index (κ1) is 15.5. The van der Waals surface area contributed by atoms with Crippen molar-refractivity contribution in [1.29, 1.82) is 0 Å². The Balaban J connectivity index is 1.47. The second kappa shape index (κ2) is 7.73. The van der Waals surface area contributed by atoms with Crippen molar-refractivity contribution in [3.63, 3.8) is 0 Å². The molecule has 1 aromatic heterocycles. The molecule has 1 fully saturated rings. The van der Waals surface area contributed by atoms with Gasteiger partial charge in [0.25, 0.3) is 0 Å². The third kappa shape index (κ3) is 4.07. The molecule has 1 N–H and O–H groups in total. The topological polar surface area (TPSA) is 24.9 Å². The number of pyridine rings is 1. The van der Waals surface area contributed by atoms with Gasteiger partial charge < -0.3 is 5.32 Å². The molecule has 2 aromatic rings. The van der Waals surface area contributed by atoms with Gasteiger partial charge >= 0.3 is 0 Å². The van der Waals surface area contributed by atoms with E-state index in [2.05, 4.69) is 48.6 Å². The van der Waals surface area contributed by atoms with Crippen LogP contribution in [0.5, 0.6) is 0 Å². The zero-order valence-electron chi connectivity index (χ0n) is 13.7. The normalized spacial score (nSPS) is 22.6. The Morgan fingerprint density at radius 1 is 1.05 bits per heavy atom. The van der Waals surface area contributed by atoms with Crippen molar-refractivity contribution in [2.24, 2.45) is 11.8 Å². The first-order valence-electron chi connectivity index (χ1n) is 8.88. The van der Waals surface area contributed by atoms with Crippen molar-refractivity contribution in [2.45, 2.75) is 52.0 Å². The molecule has 0 spiro atoms. The number of nitrogens with zero attached hydrogens (tertiary/aromatic N) is 1. The van der Waals surface area contributed by atoms with Gasteiger partial charge in [-0.2, -0.15) is 0 Å². The van der Waals surface area contributed by atoms with Gasteiger partial charge in [-0.25, -0.2) is 0 Å². The Morgan fingerprint density at radius 3 is 2.86 bits per heavy atom. The number of para-hydroxylation sites is 1. The highest BCUT2D eigenvalue weighted by Gasteiger charge is 2.19. The molecule has 2 heteroatoms. The Labute approximate surface area is 134 Å². The molecule has 1 heterocycles. The van der Waals surface area contributed by atoms with Crippen molar-refractivity contribution in [3.8, 4) is 0 Å². The maximum absolute atomic E-state index is 4.73. The summed E-state index contributed by atoms with van der Waals surface area (Å²) >= 11 is 0. The Bertz CT molecular complexity index is 593. The summed E-state index contributed by atoms with van der Waals surface area (Å²) in [6.07, 6.45) is 8.48. The van der Waals surface area contributed by atoms with Gasteiger partial charge in [-0.05, 0) is 36.9 Å². The molecule has 0 radical (unpaired) electrons. The van der Waals surface area contributed by atoms with Crippen LogP contribution in [0.2, 0.25) is 0 Å². The highest BCUT2D eigenvalue weighted by atomic mass is 14.9. The lowest BCUT2D eigenvalue weighted by atomic mass is 9.87. The molecule has 1 aliphatic carbocycles. The van der Waals surface area contributed by atoms with Crippen LogP contribution in [0, 0.1) is 11.8 Å². The van der Waals surface area contributed by atoms with Crippen molar-refractivity contribution in [3.05, 3.63) is 42.1 Å². The predicted molar refractivity (Wildman–Crippen MR) is 93.8 cm³/mol. The second-order valence-corrected chi connectivity index (χ2v) is 6.84. The third-order valence-corrected chi connectivity index (χ3v) is 5.19. The fourth-order valence-corrected chi connectivity index (χ4v) is 3.71. The summed E-state index contributed by atoms with van der Waals surface area (Å²) < 4.78 is 0. The maximum atomic E-state index is 4.73. The molecule has 1 aromatic carbocycles. The molecule has 0 amide bonds. The van der Waals surface area contributed by atoms with Crippen molar-refractivity contribution in [2.75, 3.05) is 6.54 Å². The van der Waals surface area contributed by atoms with Gasteiger partial charge in [-0.1, -0.05) is 63.3 Å². The van der Waals surface area contributed by atoms with E-state index < -0.39 is 0 Å². The minimum absolute atomic E-state index is 0.881. The first-order chi connectivity index (χ1) is 10.8. The number of nitrogens with one attached hydrogen (secondary N) is 1. The fourth-order valence-electron chi connectivity index (χ4n) is 3.71. The zero-order chi connectivity index (χ0) is 15.2. The number of hydrogen-bond donors (Lipinski definition) is 1. The standard InChI is InChI=1S/C20H28N2/c1-16-7-3-2-4-8-17(16)13-14-21-15-19-12-11-18-9-5-6-10-20(18)22-19/h5-6,9-12,16-17,21H,2-4,7-8,13-15H2,1H3. The molecule has 1 saturated carbocycles. The molecular weight excluding hydrogens is 268 g/mol. The summed E-state index contributed by atoms with van der Waals surface area (Å²) in [5, 5.41) is 4.81. The third-order valence-electron chi connectivity index (χ3n) is 5.19. The van der Waals surface area contributed by atoms with Crippen LogP contribution in [-0.2, 0) is 6.54 Å². The average Bonchev–Trinajstić information content (AvgIpc) is 2.76. The first-order valence-corrected chi connectivity index (χ1v) is 8.88. The lowest BCUT2D eigenvalue weighted by Gasteiger charge is -2.21. The Morgan fingerprint density at radius 2 is 1.91 bits per heavy atom. The van der Waals surface area contributed by atoms with E-state index in [9.17, 15) is 0 Å². The van der Waals surface area contributed by atoms with Crippen LogP contribution in [0.1, 0.15) is 51.1 Å². The molecule has 0 bridgehead atoms. The summed E-state index contributed by atoms with van der Waals surface area (Å²) in [7, 11) is 0. The van der Waals surface area contributed by atoms with Crippen molar-refractivity contribution in [1.82, 2.24) is 10.3 Å². The number of rotatable bonds is 5. The SMILES string of the molecule is CC1CCCCCC1CCNCc1ccc2ccccc2n1. The van der Waals surface area contributed by atoms with Crippen molar-refractivity contribution < 1.29 is 0 Å². The summed E-state index contributed by atoms with van der Waals surface area (Å²) in [5.41, 5.74) is 2.24. The summed E-state index contributed by atoms with van der Waals surface area (Å²) in [6, 6.07) is 12.6. The fraction of sp³-hybridized carbons (Fsp3) is 0.550. The van der Waals surface area contributed by atoms with Crippen LogP contribution < -0.4 is 5.32 Å². The Kier molecular flexibility index (Phi) is 5.44. The number of benzene rings is 1. The lowest BCUT2D eigenvalue weighted by Crippen LogP contribution is -2.21. The molecule has 0 saturated heterocycles. The summed E-state index contributed by atoms with van der Waals surface area (Å²) in [5.74, 6) is 1.82. The highest BCUT2D eigenvalue weighted by molar-refractivity contribution is 5.78. The molecule has 2 atom stereocenters. The molecule has 22 heavy (non-hydrogen) atoms. The number of hydrogen-bond acceptors (Lipinski definition) is 2. The van der Waals surface area contributed by atoms with E-state index in [0.29, 0.717) is 0 Å². The van der Waals surface area contributed by atoms with Crippen LogP contribution in [-0.4, -0.2) is 11.5 Å².